The van der Waals surface area contributed by atoms with Gasteiger partial charge in [-0.1, -0.05) is 13.3 Å². The SMILES string of the molecule is [CH2-]CCC.[Hf]. The van der Waals surface area contributed by atoms with Gasteiger partial charge in [-0.05, 0) is 0 Å². The molecule has 0 aliphatic heterocycles. The Hall–Kier alpha value is 0.870. The molecule has 0 aromatic rings. The van der Waals surface area contributed by atoms with E-state index in [2.05, 4.69) is 13.8 Å². The molecule has 0 atom stereocenters. The van der Waals surface area contributed by atoms with Crippen LogP contribution in [0.2, 0.25) is 0 Å². The van der Waals surface area contributed by atoms with Crippen molar-refractivity contribution in [1.82, 2.24) is 0 Å². The normalized spacial score (nSPS) is 6.00. The fourth-order valence-electron chi connectivity index (χ4n) is 0. The largest absolute Gasteiger partial charge is 0.343 e. The quantitative estimate of drug-likeness (QED) is 0.479. The minimum absolute atomic E-state index is 0. The molecule has 0 bridgehead atoms. The summed E-state index contributed by atoms with van der Waals surface area (Å²) >= 11 is 0. The van der Waals surface area contributed by atoms with Crippen LogP contribution in [0.1, 0.15) is 19.8 Å². The third kappa shape index (κ3) is 11.5. The van der Waals surface area contributed by atoms with E-state index in [1.165, 1.54) is 6.42 Å². The summed E-state index contributed by atoms with van der Waals surface area (Å²) in [7, 11) is 0. The average molecular weight is 236 g/mol. The Morgan fingerprint density at radius 1 is 1.60 bits per heavy atom. The van der Waals surface area contributed by atoms with Gasteiger partial charge in [-0.15, -0.1) is 0 Å². The summed E-state index contributed by atoms with van der Waals surface area (Å²) < 4.78 is 0. The van der Waals surface area contributed by atoms with Crippen LogP contribution in [0.3, 0.4) is 0 Å². The van der Waals surface area contributed by atoms with Crippen molar-refractivity contribution in [3.63, 3.8) is 0 Å². The molecule has 0 aliphatic rings. The molecule has 0 aliphatic carbocycles. The fraction of sp³-hybridized carbons (Fsp3) is 0.750. The first-order chi connectivity index (χ1) is 1.91. The van der Waals surface area contributed by atoms with Crippen molar-refractivity contribution >= 4 is 0 Å². The first-order valence-corrected chi connectivity index (χ1v) is 1.71. The van der Waals surface area contributed by atoms with Crippen LogP contribution >= 0.6 is 0 Å². The van der Waals surface area contributed by atoms with Gasteiger partial charge in [-0.3, -0.25) is 0 Å². The van der Waals surface area contributed by atoms with Gasteiger partial charge in [-0.2, -0.15) is 6.42 Å². The van der Waals surface area contributed by atoms with Crippen LogP contribution < -0.4 is 0 Å². The van der Waals surface area contributed by atoms with Crippen molar-refractivity contribution in [3.05, 3.63) is 6.92 Å². The maximum absolute atomic E-state index is 3.60. The number of unbranched alkanes of at least 4 members (excludes halogenated alkanes) is 1. The van der Waals surface area contributed by atoms with Crippen molar-refractivity contribution in [2.75, 3.05) is 0 Å². The minimum atomic E-state index is 0. The van der Waals surface area contributed by atoms with Gasteiger partial charge in [0.15, 0.2) is 0 Å². The number of rotatable bonds is 1. The van der Waals surface area contributed by atoms with E-state index in [-0.39, 0.29) is 25.8 Å². The predicted octanol–water partition coefficient (Wildman–Crippen LogP) is 1.62. The minimum Gasteiger partial charge on any atom is -0.343 e. The van der Waals surface area contributed by atoms with Crippen molar-refractivity contribution < 1.29 is 25.8 Å². The van der Waals surface area contributed by atoms with E-state index in [0.29, 0.717) is 0 Å². The van der Waals surface area contributed by atoms with E-state index >= 15 is 0 Å². The van der Waals surface area contributed by atoms with Crippen molar-refractivity contribution in [1.29, 1.82) is 0 Å². The van der Waals surface area contributed by atoms with Crippen molar-refractivity contribution in [2.24, 2.45) is 0 Å². The standard InChI is InChI=1S/C4H9.Hf/c1-3-4-2;/h1,3-4H2,2H3;/q-1;. The molecule has 0 amide bonds. The van der Waals surface area contributed by atoms with Crippen molar-refractivity contribution in [2.45, 2.75) is 19.8 Å². The van der Waals surface area contributed by atoms with Crippen LogP contribution in [0.25, 0.3) is 0 Å². The van der Waals surface area contributed by atoms with Crippen LogP contribution in [0.4, 0.5) is 0 Å². The summed E-state index contributed by atoms with van der Waals surface area (Å²) in [6.45, 7) is 5.72. The second-order valence-corrected chi connectivity index (χ2v) is 0.854. The second kappa shape index (κ2) is 8.85. The smallest absolute Gasteiger partial charge is 0 e. The van der Waals surface area contributed by atoms with Crippen LogP contribution in [0.15, 0.2) is 0 Å². The van der Waals surface area contributed by atoms with Crippen LogP contribution in [-0.2, 0) is 25.8 Å². The zero-order valence-electron chi connectivity index (χ0n) is 3.62. The van der Waals surface area contributed by atoms with E-state index in [1.807, 2.05) is 0 Å². The monoisotopic (exact) mass is 237 g/mol. The van der Waals surface area contributed by atoms with Gasteiger partial charge >= 0.3 is 0 Å². The molecule has 0 nitrogen and oxygen atoms in total. The second-order valence-electron chi connectivity index (χ2n) is 0.854. The van der Waals surface area contributed by atoms with E-state index in [4.69, 9.17) is 0 Å². The van der Waals surface area contributed by atoms with Gasteiger partial charge in [-0.25, -0.2) is 0 Å². The zero-order valence-corrected chi connectivity index (χ0v) is 7.21. The summed E-state index contributed by atoms with van der Waals surface area (Å²) in [6.07, 6.45) is 2.28. The molecule has 0 aromatic heterocycles. The fourth-order valence-corrected chi connectivity index (χ4v) is 0. The molecule has 0 radical (unpaired) electrons. The number of hydrogen-bond donors (Lipinski definition) is 0. The van der Waals surface area contributed by atoms with E-state index in [9.17, 15) is 0 Å². The summed E-state index contributed by atoms with van der Waals surface area (Å²) in [5.74, 6) is 0. The third-order valence-electron chi connectivity index (χ3n) is 0.354. The molecule has 30 valence electrons. The van der Waals surface area contributed by atoms with Gasteiger partial charge < -0.3 is 6.92 Å². The molecular weight excluding hydrogens is 227 g/mol. The molecule has 0 saturated heterocycles. The Kier molecular flexibility index (Phi) is 16.5. The Morgan fingerprint density at radius 3 is 1.80 bits per heavy atom. The topological polar surface area (TPSA) is 0 Å². The molecule has 5 heavy (non-hydrogen) atoms. The maximum Gasteiger partial charge on any atom is 0 e. The van der Waals surface area contributed by atoms with Crippen LogP contribution in [-0.4, -0.2) is 0 Å². The molecule has 0 saturated carbocycles. The van der Waals surface area contributed by atoms with Gasteiger partial charge in [0.05, 0.1) is 0 Å². The zero-order chi connectivity index (χ0) is 3.41. The Labute approximate surface area is 52.7 Å². The molecule has 1 heteroatoms. The van der Waals surface area contributed by atoms with E-state index in [0.717, 1.165) is 6.42 Å². The van der Waals surface area contributed by atoms with Gasteiger partial charge in [0.25, 0.3) is 0 Å². The molecule has 0 heterocycles. The molecular formula is C4H9Hf-. The Morgan fingerprint density at radius 2 is 1.80 bits per heavy atom. The first-order valence-electron chi connectivity index (χ1n) is 1.71. The molecule has 0 rings (SSSR count). The Bertz CT molecular complexity index is 5.61. The summed E-state index contributed by atoms with van der Waals surface area (Å²) in [5.41, 5.74) is 0. The van der Waals surface area contributed by atoms with Crippen LogP contribution in [0, 0.1) is 6.92 Å². The molecule has 0 N–H and O–H groups in total. The van der Waals surface area contributed by atoms with Gasteiger partial charge in [0.1, 0.15) is 0 Å². The first kappa shape index (κ1) is 9.30. The van der Waals surface area contributed by atoms with Gasteiger partial charge in [0, 0.05) is 25.8 Å². The molecule has 0 unspecified atom stereocenters. The van der Waals surface area contributed by atoms with Crippen molar-refractivity contribution in [3.8, 4) is 0 Å². The summed E-state index contributed by atoms with van der Waals surface area (Å²) in [6, 6.07) is 0. The molecule has 0 aromatic carbocycles. The van der Waals surface area contributed by atoms with E-state index < -0.39 is 0 Å². The van der Waals surface area contributed by atoms with Crippen LogP contribution in [0.5, 0.6) is 0 Å². The Balaban J connectivity index is 0. The summed E-state index contributed by atoms with van der Waals surface area (Å²) in [4.78, 5) is 0. The number of hydrogen-bond acceptors (Lipinski definition) is 0. The molecule has 0 spiro atoms. The predicted molar refractivity (Wildman–Crippen MR) is 20.3 cm³/mol. The maximum atomic E-state index is 3.60. The summed E-state index contributed by atoms with van der Waals surface area (Å²) in [5, 5.41) is 0. The van der Waals surface area contributed by atoms with E-state index in [1.54, 1.807) is 0 Å². The molecule has 0 fully saturated rings. The average Bonchev–Trinajstić information content (AvgIpc) is 1.37. The van der Waals surface area contributed by atoms with Gasteiger partial charge in [0.2, 0.25) is 0 Å². The third-order valence-corrected chi connectivity index (χ3v) is 0.354.